The topological polar surface area (TPSA) is 49.6 Å². The Kier molecular flexibility index (Phi) is 3.07. The van der Waals surface area contributed by atoms with Crippen LogP contribution in [0.25, 0.3) is 0 Å². The van der Waals surface area contributed by atoms with Crippen LogP contribution < -0.4 is 10.6 Å². The lowest BCUT2D eigenvalue weighted by Gasteiger charge is -2.21. The van der Waals surface area contributed by atoms with Gasteiger partial charge in [-0.3, -0.25) is 4.79 Å². The van der Waals surface area contributed by atoms with Crippen molar-refractivity contribution in [2.75, 3.05) is 25.5 Å². The normalized spacial score (nSPS) is 26.3. The van der Waals surface area contributed by atoms with Crippen LogP contribution in [0.3, 0.4) is 0 Å². The lowest BCUT2D eigenvalue weighted by atomic mass is 10.1. The van der Waals surface area contributed by atoms with E-state index in [4.69, 9.17) is 5.73 Å². The van der Waals surface area contributed by atoms with Crippen molar-refractivity contribution in [3.63, 3.8) is 0 Å². The van der Waals surface area contributed by atoms with Crippen LogP contribution in [-0.2, 0) is 11.2 Å². The standard InChI is InChI=1S/C15H21N3O/c1-17(2)14-6-3-10-9-11(4-5-12(10)14)18-8-7-13(16)15(18)19/h4-5,9,13-14H,3,6-8,16H2,1-2H3. The van der Waals surface area contributed by atoms with E-state index in [-0.39, 0.29) is 11.9 Å². The van der Waals surface area contributed by atoms with Crippen molar-refractivity contribution < 1.29 is 4.79 Å². The first kappa shape index (κ1) is 12.6. The van der Waals surface area contributed by atoms with Gasteiger partial charge in [-0.2, -0.15) is 0 Å². The van der Waals surface area contributed by atoms with Crippen LogP contribution in [0.1, 0.15) is 30.0 Å². The number of carbonyl (C=O) groups is 1. The van der Waals surface area contributed by atoms with Crippen LogP contribution in [0.4, 0.5) is 5.69 Å². The van der Waals surface area contributed by atoms with Gasteiger partial charge < -0.3 is 15.5 Å². The van der Waals surface area contributed by atoms with Crippen LogP contribution in [0, 0.1) is 0 Å². The number of fused-ring (bicyclic) bond motifs is 1. The van der Waals surface area contributed by atoms with Crippen molar-refractivity contribution >= 4 is 11.6 Å². The minimum atomic E-state index is -0.317. The molecule has 4 heteroatoms. The summed E-state index contributed by atoms with van der Waals surface area (Å²) in [5.41, 5.74) is 9.58. The molecule has 102 valence electrons. The van der Waals surface area contributed by atoms with Crippen LogP contribution >= 0.6 is 0 Å². The highest BCUT2D eigenvalue weighted by atomic mass is 16.2. The molecule has 1 aromatic carbocycles. The Morgan fingerprint density at radius 3 is 2.74 bits per heavy atom. The quantitative estimate of drug-likeness (QED) is 0.871. The van der Waals surface area contributed by atoms with Gasteiger partial charge in [0, 0.05) is 18.3 Å². The summed E-state index contributed by atoms with van der Waals surface area (Å²) in [6, 6.07) is 6.62. The summed E-state index contributed by atoms with van der Waals surface area (Å²) in [6.45, 7) is 0.746. The lowest BCUT2D eigenvalue weighted by Crippen LogP contribution is -2.34. The van der Waals surface area contributed by atoms with Gasteiger partial charge in [-0.15, -0.1) is 0 Å². The largest absolute Gasteiger partial charge is 0.320 e. The van der Waals surface area contributed by atoms with E-state index in [2.05, 4.69) is 37.2 Å². The maximum atomic E-state index is 12.0. The first-order valence-electron chi connectivity index (χ1n) is 6.94. The van der Waals surface area contributed by atoms with Crippen molar-refractivity contribution in [3.05, 3.63) is 29.3 Å². The van der Waals surface area contributed by atoms with E-state index in [1.54, 1.807) is 0 Å². The summed E-state index contributed by atoms with van der Waals surface area (Å²) < 4.78 is 0. The van der Waals surface area contributed by atoms with E-state index in [1.807, 2.05) is 4.90 Å². The molecule has 2 unspecified atom stereocenters. The number of anilines is 1. The molecule has 2 N–H and O–H groups in total. The van der Waals surface area contributed by atoms with Gasteiger partial charge in [0.2, 0.25) is 5.91 Å². The maximum absolute atomic E-state index is 12.0. The summed E-state index contributed by atoms with van der Waals surface area (Å²) >= 11 is 0. The third-order valence-corrected chi connectivity index (χ3v) is 4.35. The molecule has 19 heavy (non-hydrogen) atoms. The number of carbonyl (C=O) groups excluding carboxylic acids is 1. The highest BCUT2D eigenvalue weighted by Crippen LogP contribution is 2.37. The number of nitrogens with zero attached hydrogens (tertiary/aromatic N) is 2. The van der Waals surface area contributed by atoms with Crippen LogP contribution in [0.2, 0.25) is 0 Å². The second kappa shape index (κ2) is 4.62. The van der Waals surface area contributed by atoms with E-state index >= 15 is 0 Å². The zero-order chi connectivity index (χ0) is 13.6. The smallest absolute Gasteiger partial charge is 0.243 e. The minimum absolute atomic E-state index is 0.0575. The third kappa shape index (κ3) is 2.05. The van der Waals surface area contributed by atoms with E-state index in [0.717, 1.165) is 25.1 Å². The molecule has 1 saturated heterocycles. The number of aryl methyl sites for hydroxylation is 1. The zero-order valence-corrected chi connectivity index (χ0v) is 11.6. The number of rotatable bonds is 2. The number of benzene rings is 1. The van der Waals surface area contributed by atoms with Gasteiger partial charge in [-0.1, -0.05) is 6.07 Å². The fourth-order valence-electron chi connectivity index (χ4n) is 3.24. The van der Waals surface area contributed by atoms with E-state index in [1.165, 1.54) is 17.5 Å². The Labute approximate surface area is 114 Å². The maximum Gasteiger partial charge on any atom is 0.243 e. The molecule has 1 heterocycles. The lowest BCUT2D eigenvalue weighted by molar-refractivity contribution is -0.118. The van der Waals surface area contributed by atoms with Gasteiger partial charge in [0.1, 0.15) is 0 Å². The zero-order valence-electron chi connectivity index (χ0n) is 11.6. The number of nitrogens with two attached hydrogens (primary N) is 1. The van der Waals surface area contributed by atoms with Gasteiger partial charge in [0.05, 0.1) is 6.04 Å². The molecule has 1 aliphatic carbocycles. The molecule has 3 rings (SSSR count). The van der Waals surface area contributed by atoms with Crippen molar-refractivity contribution in [1.29, 1.82) is 0 Å². The van der Waals surface area contributed by atoms with Crippen LogP contribution in [0.15, 0.2) is 18.2 Å². The first-order chi connectivity index (χ1) is 9.08. The highest BCUT2D eigenvalue weighted by Gasteiger charge is 2.31. The number of amides is 1. The Hall–Kier alpha value is -1.39. The Balaban J connectivity index is 1.89. The van der Waals surface area contributed by atoms with E-state index < -0.39 is 0 Å². The summed E-state index contributed by atoms with van der Waals surface area (Å²) in [7, 11) is 4.24. The van der Waals surface area contributed by atoms with Gasteiger partial charge in [0.25, 0.3) is 0 Å². The SMILES string of the molecule is CN(C)C1CCc2cc(N3CCC(N)C3=O)ccc21. The molecule has 0 saturated carbocycles. The monoisotopic (exact) mass is 259 g/mol. The minimum Gasteiger partial charge on any atom is -0.320 e. The summed E-state index contributed by atoms with van der Waals surface area (Å²) in [4.78, 5) is 16.1. The second-order valence-corrected chi connectivity index (χ2v) is 5.79. The van der Waals surface area contributed by atoms with Gasteiger partial charge >= 0.3 is 0 Å². The molecule has 0 bridgehead atoms. The Morgan fingerprint density at radius 2 is 2.11 bits per heavy atom. The summed E-state index contributed by atoms with van der Waals surface area (Å²) in [6.07, 6.45) is 3.02. The third-order valence-electron chi connectivity index (χ3n) is 4.35. The Bertz CT molecular complexity index is 512. The summed E-state index contributed by atoms with van der Waals surface area (Å²) in [5, 5.41) is 0. The number of hydrogen-bond acceptors (Lipinski definition) is 3. The molecule has 1 aliphatic heterocycles. The molecule has 0 spiro atoms. The van der Waals surface area contributed by atoms with Gasteiger partial charge in [0.15, 0.2) is 0 Å². The average molecular weight is 259 g/mol. The fraction of sp³-hybridized carbons (Fsp3) is 0.533. The molecule has 4 nitrogen and oxygen atoms in total. The highest BCUT2D eigenvalue weighted by molar-refractivity contribution is 5.99. The van der Waals surface area contributed by atoms with Crippen LogP contribution in [-0.4, -0.2) is 37.5 Å². The predicted octanol–water partition coefficient (Wildman–Crippen LogP) is 1.30. The number of hydrogen-bond donors (Lipinski definition) is 1. The van der Waals surface area contributed by atoms with E-state index in [0.29, 0.717) is 6.04 Å². The fourth-order valence-corrected chi connectivity index (χ4v) is 3.24. The Morgan fingerprint density at radius 1 is 1.32 bits per heavy atom. The first-order valence-corrected chi connectivity index (χ1v) is 6.94. The molecule has 2 aliphatic rings. The second-order valence-electron chi connectivity index (χ2n) is 5.79. The van der Waals surface area contributed by atoms with Crippen LogP contribution in [0.5, 0.6) is 0 Å². The molecule has 0 radical (unpaired) electrons. The van der Waals surface area contributed by atoms with Gasteiger partial charge in [-0.25, -0.2) is 0 Å². The van der Waals surface area contributed by atoms with Crippen molar-refractivity contribution in [2.24, 2.45) is 5.73 Å². The van der Waals surface area contributed by atoms with Crippen molar-refractivity contribution in [3.8, 4) is 0 Å². The average Bonchev–Trinajstić information content (AvgIpc) is 2.94. The molecule has 2 atom stereocenters. The predicted molar refractivity (Wildman–Crippen MR) is 76.1 cm³/mol. The van der Waals surface area contributed by atoms with Crippen molar-refractivity contribution in [2.45, 2.75) is 31.3 Å². The molecule has 0 aromatic heterocycles. The van der Waals surface area contributed by atoms with Gasteiger partial charge in [-0.05, 0) is 56.6 Å². The molecule has 1 aromatic rings. The molecule has 1 fully saturated rings. The molecule has 1 amide bonds. The summed E-state index contributed by atoms with van der Waals surface area (Å²) in [5.74, 6) is 0.0575. The molecular formula is C15H21N3O. The van der Waals surface area contributed by atoms with E-state index in [9.17, 15) is 4.79 Å². The van der Waals surface area contributed by atoms with Crippen molar-refractivity contribution in [1.82, 2.24) is 4.90 Å². The molecular weight excluding hydrogens is 238 g/mol.